The molecule has 0 unspecified atom stereocenters. The third-order valence-electron chi connectivity index (χ3n) is 7.20. The van der Waals surface area contributed by atoms with Gasteiger partial charge in [-0.3, -0.25) is 9.20 Å². The van der Waals surface area contributed by atoms with Gasteiger partial charge in [0.15, 0.2) is 0 Å². The van der Waals surface area contributed by atoms with Crippen molar-refractivity contribution in [3.63, 3.8) is 0 Å². The molecule has 38 heavy (non-hydrogen) atoms. The lowest BCUT2D eigenvalue weighted by atomic mass is 9.97. The zero-order chi connectivity index (χ0) is 26.2. The van der Waals surface area contributed by atoms with Crippen LogP contribution in [0, 0.1) is 0 Å². The summed E-state index contributed by atoms with van der Waals surface area (Å²) in [6.07, 6.45) is 5.08. The Morgan fingerprint density at radius 2 is 1.63 bits per heavy atom. The summed E-state index contributed by atoms with van der Waals surface area (Å²) in [7, 11) is 3.28. The molecule has 0 saturated carbocycles. The third kappa shape index (κ3) is 4.21. The highest BCUT2D eigenvalue weighted by molar-refractivity contribution is 6.30. The number of benzene rings is 3. The molecule has 192 valence electrons. The number of aryl methyl sites for hydroxylation is 2. The molecule has 0 aliphatic carbocycles. The van der Waals surface area contributed by atoms with Gasteiger partial charge in [-0.05, 0) is 78.9 Å². The Labute approximate surface area is 226 Å². The highest BCUT2D eigenvalue weighted by atomic mass is 35.5. The van der Waals surface area contributed by atoms with Crippen molar-refractivity contribution in [2.24, 2.45) is 0 Å². The number of aromatic nitrogens is 2. The molecule has 6 rings (SSSR count). The molecule has 1 N–H and O–H groups in total. The maximum atomic E-state index is 14.0. The fourth-order valence-corrected chi connectivity index (χ4v) is 5.55. The Morgan fingerprint density at radius 1 is 0.895 bits per heavy atom. The molecule has 1 aliphatic heterocycles. The van der Waals surface area contributed by atoms with E-state index in [9.17, 15) is 4.79 Å². The molecule has 2 aromatic heterocycles. The van der Waals surface area contributed by atoms with Gasteiger partial charge >= 0.3 is 0 Å². The smallest absolute Gasteiger partial charge is 0.273 e. The number of amides is 1. The van der Waals surface area contributed by atoms with E-state index in [1.54, 1.807) is 14.2 Å². The Hall–Kier alpha value is -4.16. The number of hydrogen-bond acceptors (Lipinski definition) is 3. The van der Waals surface area contributed by atoms with Crippen LogP contribution in [0.1, 0.15) is 28.9 Å². The largest absolute Gasteiger partial charge is 0.497 e. The average Bonchev–Trinajstić information content (AvgIpc) is 3.36. The Morgan fingerprint density at radius 3 is 2.37 bits per heavy atom. The second-order valence-electron chi connectivity index (χ2n) is 9.44. The first-order valence-corrected chi connectivity index (χ1v) is 13.1. The van der Waals surface area contributed by atoms with Crippen molar-refractivity contribution in [2.75, 3.05) is 19.5 Å². The van der Waals surface area contributed by atoms with E-state index in [1.807, 2.05) is 60.7 Å². The molecular weight excluding hydrogens is 498 g/mol. The van der Waals surface area contributed by atoms with Crippen LogP contribution in [0.4, 0.5) is 5.69 Å². The number of anilines is 1. The number of halogens is 1. The quantitative estimate of drug-likeness (QED) is 0.252. The molecule has 0 fully saturated rings. The van der Waals surface area contributed by atoms with Gasteiger partial charge in [0.25, 0.3) is 5.91 Å². The molecule has 1 aliphatic rings. The van der Waals surface area contributed by atoms with Crippen LogP contribution in [0.3, 0.4) is 0 Å². The van der Waals surface area contributed by atoms with E-state index in [1.165, 1.54) is 5.56 Å². The summed E-state index contributed by atoms with van der Waals surface area (Å²) in [4.78, 5) is 14.0. The minimum absolute atomic E-state index is 0.177. The second kappa shape index (κ2) is 9.95. The predicted molar refractivity (Wildman–Crippen MR) is 152 cm³/mol. The number of hydrogen-bond donors (Lipinski definition) is 1. The van der Waals surface area contributed by atoms with Crippen molar-refractivity contribution in [1.29, 1.82) is 0 Å². The highest BCUT2D eigenvalue weighted by Crippen LogP contribution is 2.40. The molecule has 1 amide bonds. The third-order valence-corrected chi connectivity index (χ3v) is 7.45. The number of nitrogens with zero attached hydrogens (tertiary/aromatic N) is 2. The van der Waals surface area contributed by atoms with E-state index in [2.05, 4.69) is 32.6 Å². The fourth-order valence-electron chi connectivity index (χ4n) is 5.42. The SMILES string of the molecule is COc1ccc(-c2cn3c(C(=O)Nc4cccc(OC)c4)c(-c4ccc(Cl)cc4)c4c3n2CCCC4)cc1. The molecule has 3 aromatic carbocycles. The van der Waals surface area contributed by atoms with Crippen molar-refractivity contribution in [3.8, 4) is 33.9 Å². The van der Waals surface area contributed by atoms with Gasteiger partial charge in [0.2, 0.25) is 0 Å². The van der Waals surface area contributed by atoms with Crippen molar-refractivity contribution in [2.45, 2.75) is 25.8 Å². The Bertz CT molecular complexity index is 1630. The summed E-state index contributed by atoms with van der Waals surface area (Å²) in [5.74, 6) is 1.32. The van der Waals surface area contributed by atoms with Gasteiger partial charge in [0.1, 0.15) is 22.8 Å². The summed E-state index contributed by atoms with van der Waals surface area (Å²) < 4.78 is 15.2. The van der Waals surface area contributed by atoms with Crippen molar-refractivity contribution >= 4 is 28.8 Å². The molecule has 0 bridgehead atoms. The van der Waals surface area contributed by atoms with E-state index in [-0.39, 0.29) is 5.91 Å². The van der Waals surface area contributed by atoms with Gasteiger partial charge < -0.3 is 19.4 Å². The fraction of sp³-hybridized carbons (Fsp3) is 0.194. The zero-order valence-corrected chi connectivity index (χ0v) is 22.1. The predicted octanol–water partition coefficient (Wildman–Crippen LogP) is 7.33. The number of carbonyl (C=O) groups excluding carboxylic acids is 1. The molecular formula is C31H28ClN3O3. The van der Waals surface area contributed by atoms with E-state index in [4.69, 9.17) is 21.1 Å². The summed E-state index contributed by atoms with van der Waals surface area (Å²) in [5.41, 5.74) is 7.61. The van der Waals surface area contributed by atoms with Gasteiger partial charge in [-0.1, -0.05) is 29.8 Å². The van der Waals surface area contributed by atoms with E-state index >= 15 is 0 Å². The van der Waals surface area contributed by atoms with Crippen LogP contribution in [0.25, 0.3) is 28.0 Å². The van der Waals surface area contributed by atoms with Crippen LogP contribution in [0.5, 0.6) is 11.5 Å². The van der Waals surface area contributed by atoms with Crippen molar-refractivity contribution in [3.05, 3.63) is 95.3 Å². The molecule has 7 heteroatoms. The summed E-state index contributed by atoms with van der Waals surface area (Å²) in [6.45, 7) is 0.881. The zero-order valence-electron chi connectivity index (χ0n) is 21.3. The Kier molecular flexibility index (Phi) is 6.34. The van der Waals surface area contributed by atoms with Crippen LogP contribution < -0.4 is 14.8 Å². The maximum Gasteiger partial charge on any atom is 0.273 e. The van der Waals surface area contributed by atoms with Crippen LogP contribution in [-0.4, -0.2) is 29.1 Å². The van der Waals surface area contributed by atoms with Gasteiger partial charge in [-0.15, -0.1) is 0 Å². The average molecular weight is 526 g/mol. The van der Waals surface area contributed by atoms with Gasteiger partial charge in [-0.25, -0.2) is 0 Å². The van der Waals surface area contributed by atoms with Crippen LogP contribution in [-0.2, 0) is 13.0 Å². The molecule has 0 saturated heterocycles. The topological polar surface area (TPSA) is 56.9 Å². The molecule has 3 heterocycles. The van der Waals surface area contributed by atoms with E-state index in [0.717, 1.165) is 59.6 Å². The van der Waals surface area contributed by atoms with Gasteiger partial charge in [0, 0.05) is 40.6 Å². The second-order valence-corrected chi connectivity index (χ2v) is 9.88. The Balaban J connectivity index is 1.57. The lowest BCUT2D eigenvalue weighted by Gasteiger charge is -2.11. The number of imidazole rings is 1. The lowest BCUT2D eigenvalue weighted by Crippen LogP contribution is -2.15. The van der Waals surface area contributed by atoms with Crippen LogP contribution >= 0.6 is 11.6 Å². The first kappa shape index (κ1) is 24.2. The standard InChI is InChI=1S/C31H28ClN3O3/c1-37-24-15-11-20(12-16-24)27-19-35-29(30(36)33-23-6-5-7-25(18-23)38-2)28(21-9-13-22(32)14-10-21)26-8-3-4-17-34(27)31(26)35/h5-7,9-16,18-19H,3-4,8,17H2,1-2H3,(H,33,36). The van der Waals surface area contributed by atoms with Gasteiger partial charge in [0.05, 0.1) is 19.9 Å². The molecule has 5 aromatic rings. The summed E-state index contributed by atoms with van der Waals surface area (Å²) >= 11 is 6.23. The van der Waals surface area contributed by atoms with E-state index < -0.39 is 0 Å². The van der Waals surface area contributed by atoms with Crippen LogP contribution in [0.15, 0.2) is 79.0 Å². The monoisotopic (exact) mass is 525 g/mol. The number of carbonyl (C=O) groups is 1. The number of nitrogens with one attached hydrogen (secondary N) is 1. The lowest BCUT2D eigenvalue weighted by molar-refractivity contribution is 0.102. The van der Waals surface area contributed by atoms with Crippen LogP contribution in [0.2, 0.25) is 5.02 Å². The summed E-state index contributed by atoms with van der Waals surface area (Å²) in [6, 6.07) is 23.2. The number of methoxy groups -OCH3 is 2. The first-order chi connectivity index (χ1) is 18.6. The van der Waals surface area contributed by atoms with Gasteiger partial charge in [-0.2, -0.15) is 0 Å². The molecule has 0 atom stereocenters. The van der Waals surface area contributed by atoms with Crippen molar-refractivity contribution in [1.82, 2.24) is 8.97 Å². The summed E-state index contributed by atoms with van der Waals surface area (Å²) in [5, 5.41) is 3.78. The normalized spacial score (nSPS) is 12.8. The maximum absolute atomic E-state index is 14.0. The highest BCUT2D eigenvalue weighted by Gasteiger charge is 2.29. The number of rotatable bonds is 6. The molecule has 0 radical (unpaired) electrons. The van der Waals surface area contributed by atoms with Crippen molar-refractivity contribution < 1.29 is 14.3 Å². The molecule has 0 spiro atoms. The first-order valence-electron chi connectivity index (χ1n) is 12.7. The number of ether oxygens (including phenoxy) is 2. The van der Waals surface area contributed by atoms with E-state index in [0.29, 0.717) is 22.2 Å². The molecule has 6 nitrogen and oxygen atoms in total. The minimum Gasteiger partial charge on any atom is -0.497 e. The minimum atomic E-state index is -0.177.